The Bertz CT molecular complexity index is 416. The van der Waals surface area contributed by atoms with Crippen LogP contribution in [0.1, 0.15) is 6.42 Å². The topological polar surface area (TPSA) is 73.6 Å². The number of nitrogens with zero attached hydrogens (tertiary/aromatic N) is 1. The molecule has 1 aliphatic rings. The second-order valence-corrected chi connectivity index (χ2v) is 3.82. The van der Waals surface area contributed by atoms with Gasteiger partial charge in [0.2, 0.25) is 0 Å². The van der Waals surface area contributed by atoms with E-state index in [1.54, 1.807) is 12.1 Å². The van der Waals surface area contributed by atoms with Crippen LogP contribution in [0, 0.1) is 10.1 Å². The van der Waals surface area contributed by atoms with Crippen molar-refractivity contribution in [2.75, 3.05) is 20.2 Å². The van der Waals surface area contributed by atoms with Crippen LogP contribution in [0.25, 0.3) is 0 Å². The van der Waals surface area contributed by atoms with Crippen molar-refractivity contribution in [1.29, 1.82) is 0 Å². The van der Waals surface area contributed by atoms with Crippen molar-refractivity contribution in [3.05, 3.63) is 28.3 Å². The van der Waals surface area contributed by atoms with Gasteiger partial charge < -0.3 is 14.8 Å². The predicted molar refractivity (Wildman–Crippen MR) is 61.6 cm³/mol. The van der Waals surface area contributed by atoms with Crippen LogP contribution >= 0.6 is 0 Å². The number of nitro benzene ring substituents is 1. The second-order valence-electron chi connectivity index (χ2n) is 3.82. The second kappa shape index (κ2) is 5.01. The van der Waals surface area contributed by atoms with Gasteiger partial charge in [-0.15, -0.1) is 0 Å². The number of hydrogen-bond acceptors (Lipinski definition) is 5. The van der Waals surface area contributed by atoms with Crippen molar-refractivity contribution in [3.63, 3.8) is 0 Å². The minimum atomic E-state index is -0.458. The molecule has 1 atom stereocenters. The number of hydrogen-bond donors (Lipinski definition) is 1. The first kappa shape index (κ1) is 11.7. The van der Waals surface area contributed by atoms with E-state index in [1.807, 2.05) is 0 Å². The zero-order valence-corrected chi connectivity index (χ0v) is 9.51. The first-order chi connectivity index (χ1) is 8.20. The van der Waals surface area contributed by atoms with Gasteiger partial charge in [0, 0.05) is 6.54 Å². The van der Waals surface area contributed by atoms with Crippen LogP contribution in [-0.2, 0) is 0 Å². The number of benzene rings is 1. The van der Waals surface area contributed by atoms with Crippen LogP contribution in [0.15, 0.2) is 18.2 Å². The Balaban J connectivity index is 2.22. The SMILES string of the molecule is COc1ccc(O[C@@H]2CCNC2)c([N+](=O)[O-])c1. The van der Waals surface area contributed by atoms with E-state index in [0.29, 0.717) is 11.5 Å². The lowest BCUT2D eigenvalue weighted by Gasteiger charge is -2.12. The third-order valence-corrected chi connectivity index (χ3v) is 2.67. The van der Waals surface area contributed by atoms with Crippen LogP contribution in [-0.4, -0.2) is 31.2 Å². The van der Waals surface area contributed by atoms with Gasteiger partial charge in [-0.3, -0.25) is 10.1 Å². The molecule has 92 valence electrons. The van der Waals surface area contributed by atoms with Gasteiger partial charge in [-0.1, -0.05) is 0 Å². The molecule has 6 nitrogen and oxygen atoms in total. The van der Waals surface area contributed by atoms with Gasteiger partial charge in [0.05, 0.1) is 18.1 Å². The fourth-order valence-electron chi connectivity index (χ4n) is 1.77. The van der Waals surface area contributed by atoms with Crippen molar-refractivity contribution >= 4 is 5.69 Å². The number of nitro groups is 1. The van der Waals surface area contributed by atoms with Gasteiger partial charge in [0.15, 0.2) is 5.75 Å². The molecule has 0 aliphatic carbocycles. The molecule has 0 amide bonds. The predicted octanol–water partition coefficient (Wildman–Crippen LogP) is 1.34. The van der Waals surface area contributed by atoms with Crippen molar-refractivity contribution in [2.24, 2.45) is 0 Å². The van der Waals surface area contributed by atoms with Crippen molar-refractivity contribution < 1.29 is 14.4 Å². The Labute approximate surface area is 98.7 Å². The average Bonchev–Trinajstić information content (AvgIpc) is 2.82. The quantitative estimate of drug-likeness (QED) is 0.633. The fourth-order valence-corrected chi connectivity index (χ4v) is 1.77. The van der Waals surface area contributed by atoms with Crippen molar-refractivity contribution in [1.82, 2.24) is 5.32 Å². The van der Waals surface area contributed by atoms with Crippen LogP contribution in [0.4, 0.5) is 5.69 Å². The minimum absolute atomic E-state index is 0.00194. The highest BCUT2D eigenvalue weighted by atomic mass is 16.6. The summed E-state index contributed by atoms with van der Waals surface area (Å²) in [6, 6.07) is 4.61. The molecule has 0 unspecified atom stereocenters. The highest BCUT2D eigenvalue weighted by Crippen LogP contribution is 2.32. The van der Waals surface area contributed by atoms with Gasteiger partial charge in [-0.25, -0.2) is 0 Å². The summed E-state index contributed by atoms with van der Waals surface area (Å²) >= 11 is 0. The van der Waals surface area contributed by atoms with E-state index in [0.717, 1.165) is 19.5 Å². The zero-order valence-electron chi connectivity index (χ0n) is 9.51. The highest BCUT2D eigenvalue weighted by Gasteiger charge is 2.22. The first-order valence-electron chi connectivity index (χ1n) is 5.40. The molecule has 6 heteroatoms. The average molecular weight is 238 g/mol. The Kier molecular flexibility index (Phi) is 3.43. The lowest BCUT2D eigenvalue weighted by atomic mass is 10.2. The number of rotatable bonds is 4. The van der Waals surface area contributed by atoms with Crippen molar-refractivity contribution in [2.45, 2.75) is 12.5 Å². The molecule has 17 heavy (non-hydrogen) atoms. The van der Waals surface area contributed by atoms with Gasteiger partial charge in [0.1, 0.15) is 11.9 Å². The molecule has 1 aromatic rings. The molecule has 1 heterocycles. The number of nitrogens with one attached hydrogen (secondary N) is 1. The maximum atomic E-state index is 10.9. The summed E-state index contributed by atoms with van der Waals surface area (Å²) in [5.74, 6) is 0.748. The van der Waals surface area contributed by atoms with E-state index in [2.05, 4.69) is 5.32 Å². The van der Waals surface area contributed by atoms with E-state index in [4.69, 9.17) is 9.47 Å². The zero-order chi connectivity index (χ0) is 12.3. The first-order valence-corrected chi connectivity index (χ1v) is 5.40. The summed E-state index contributed by atoms with van der Waals surface area (Å²) in [5.41, 5.74) is -0.0590. The summed E-state index contributed by atoms with van der Waals surface area (Å²) in [6.07, 6.45) is 0.866. The maximum Gasteiger partial charge on any atom is 0.314 e. The highest BCUT2D eigenvalue weighted by molar-refractivity contribution is 5.51. The summed E-state index contributed by atoms with van der Waals surface area (Å²) in [7, 11) is 1.47. The van der Waals surface area contributed by atoms with Gasteiger partial charge in [-0.05, 0) is 25.1 Å². The number of methoxy groups -OCH3 is 1. The normalized spacial score (nSPS) is 19.0. The summed E-state index contributed by atoms with van der Waals surface area (Å²) in [6.45, 7) is 1.61. The van der Waals surface area contributed by atoms with Gasteiger partial charge >= 0.3 is 5.69 Å². The van der Waals surface area contributed by atoms with E-state index >= 15 is 0 Å². The summed E-state index contributed by atoms with van der Waals surface area (Å²) < 4.78 is 10.6. The smallest absolute Gasteiger partial charge is 0.314 e. The Morgan fingerprint density at radius 3 is 2.94 bits per heavy atom. The van der Waals surface area contributed by atoms with E-state index in [-0.39, 0.29) is 11.8 Å². The Morgan fingerprint density at radius 1 is 1.53 bits per heavy atom. The van der Waals surface area contributed by atoms with Gasteiger partial charge in [-0.2, -0.15) is 0 Å². The van der Waals surface area contributed by atoms with E-state index in [1.165, 1.54) is 13.2 Å². The monoisotopic (exact) mass is 238 g/mol. The molecule has 1 N–H and O–H groups in total. The molecule has 1 aliphatic heterocycles. The maximum absolute atomic E-state index is 10.9. The third kappa shape index (κ3) is 2.65. The van der Waals surface area contributed by atoms with E-state index < -0.39 is 4.92 Å². The molecule has 0 bridgehead atoms. The molecule has 0 aromatic heterocycles. The fraction of sp³-hybridized carbons (Fsp3) is 0.455. The largest absolute Gasteiger partial charge is 0.496 e. The summed E-state index contributed by atoms with van der Waals surface area (Å²) in [4.78, 5) is 10.5. The molecule has 1 aromatic carbocycles. The number of ether oxygens (including phenoxy) is 2. The standard InChI is InChI=1S/C11H14N2O4/c1-16-8-2-3-11(10(6-8)13(14)15)17-9-4-5-12-7-9/h2-3,6,9,12H,4-5,7H2,1H3/t9-/m1/s1. The van der Waals surface area contributed by atoms with Crippen molar-refractivity contribution in [3.8, 4) is 11.5 Å². The molecule has 0 radical (unpaired) electrons. The van der Waals surface area contributed by atoms with Gasteiger partial charge in [0.25, 0.3) is 0 Å². The lowest BCUT2D eigenvalue weighted by molar-refractivity contribution is -0.386. The molecule has 1 fully saturated rings. The van der Waals surface area contributed by atoms with Crippen LogP contribution in [0.5, 0.6) is 11.5 Å². The third-order valence-electron chi connectivity index (χ3n) is 2.67. The summed E-state index contributed by atoms with van der Waals surface area (Å²) in [5, 5.41) is 14.1. The minimum Gasteiger partial charge on any atom is -0.496 e. The van der Waals surface area contributed by atoms with Crippen LogP contribution in [0.3, 0.4) is 0 Å². The molecule has 0 saturated carbocycles. The molecule has 1 saturated heterocycles. The van der Waals surface area contributed by atoms with Crippen LogP contribution in [0.2, 0.25) is 0 Å². The molecule has 0 spiro atoms. The molecule has 2 rings (SSSR count). The van der Waals surface area contributed by atoms with Crippen LogP contribution < -0.4 is 14.8 Å². The van der Waals surface area contributed by atoms with E-state index in [9.17, 15) is 10.1 Å². The Morgan fingerprint density at radius 2 is 2.35 bits per heavy atom. The Hall–Kier alpha value is -1.82. The lowest BCUT2D eigenvalue weighted by Crippen LogP contribution is -2.20. The molecular weight excluding hydrogens is 224 g/mol. The molecular formula is C11H14N2O4.